The van der Waals surface area contributed by atoms with Gasteiger partial charge in [-0.25, -0.2) is 15.0 Å². The first-order valence-electron chi connectivity index (χ1n) is 12.8. The molecule has 12 heteroatoms. The Kier molecular flexibility index (Phi) is 8.44. The molecule has 1 atom stereocenters. The smallest absolute Gasteiger partial charge is 0.241 e. The molecule has 1 aliphatic rings. The Labute approximate surface area is 246 Å². The fourth-order valence-corrected chi connectivity index (χ4v) is 5.26. The number of aryl methyl sites for hydroxylation is 1. The van der Waals surface area contributed by atoms with Gasteiger partial charge in [0.2, 0.25) is 11.9 Å². The topological polar surface area (TPSA) is 134 Å². The van der Waals surface area contributed by atoms with Gasteiger partial charge in [-0.1, -0.05) is 41.4 Å². The molecule has 10 nitrogen and oxygen atoms in total. The first kappa shape index (κ1) is 28.4. The van der Waals surface area contributed by atoms with Gasteiger partial charge >= 0.3 is 0 Å². The van der Waals surface area contributed by atoms with Crippen molar-refractivity contribution < 1.29 is 19.0 Å². The fourth-order valence-electron chi connectivity index (χ4n) is 4.56. The van der Waals surface area contributed by atoms with Crippen molar-refractivity contribution >= 4 is 63.5 Å². The number of rotatable bonds is 9. The number of nitrogens with zero attached hydrogens (tertiary/aromatic N) is 3. The second-order valence-electron chi connectivity index (χ2n) is 9.38. The van der Waals surface area contributed by atoms with E-state index >= 15 is 0 Å². The van der Waals surface area contributed by atoms with E-state index in [0.29, 0.717) is 68.7 Å². The molecule has 0 bridgehead atoms. The predicted octanol–water partition coefficient (Wildman–Crippen LogP) is 5.77. The molecule has 2 aromatic carbocycles. The highest BCUT2D eigenvalue weighted by molar-refractivity contribution is 6.41. The van der Waals surface area contributed by atoms with Crippen LogP contribution in [0, 0.1) is 6.92 Å². The number of aromatic nitrogens is 3. The number of pyridine rings is 1. The molecule has 0 aliphatic carbocycles. The standard InChI is InChI=1S/C29H28Cl2N6O4/c1-15-5-4-6-16(7-8-22(32)38)26(15)36-29-33-13-17-11-19(23-24(30)20(39-2)12-21(40-3)25(23)31)35-28(27(17)37-29)34-18-9-10-41-14-18/h4-8,11-13,18H,9-10,14H2,1-3H3,(H2,32,38)(H,34,35)(H,33,36,37). The highest BCUT2D eigenvalue weighted by atomic mass is 35.5. The van der Waals surface area contributed by atoms with Crippen molar-refractivity contribution in [2.75, 3.05) is 38.1 Å². The maximum atomic E-state index is 11.3. The largest absolute Gasteiger partial charge is 0.495 e. The Hall–Kier alpha value is -4.12. The van der Waals surface area contributed by atoms with Crippen LogP contribution in [0.3, 0.4) is 0 Å². The van der Waals surface area contributed by atoms with Gasteiger partial charge < -0.3 is 30.6 Å². The van der Waals surface area contributed by atoms with Gasteiger partial charge in [0.05, 0.1) is 48.3 Å². The average molecular weight is 595 g/mol. The number of anilines is 3. The first-order valence-corrected chi connectivity index (χ1v) is 13.5. The Morgan fingerprint density at radius 1 is 1.15 bits per heavy atom. The summed E-state index contributed by atoms with van der Waals surface area (Å²) >= 11 is 13.4. The molecule has 1 fully saturated rings. The maximum Gasteiger partial charge on any atom is 0.241 e. The number of primary amides is 1. The van der Waals surface area contributed by atoms with Crippen LogP contribution in [0.5, 0.6) is 11.5 Å². The van der Waals surface area contributed by atoms with Crippen LogP contribution in [0.2, 0.25) is 10.0 Å². The summed E-state index contributed by atoms with van der Waals surface area (Å²) in [5.41, 5.74) is 9.30. The van der Waals surface area contributed by atoms with E-state index in [0.717, 1.165) is 23.2 Å². The van der Waals surface area contributed by atoms with E-state index < -0.39 is 5.91 Å². The highest BCUT2D eigenvalue weighted by Gasteiger charge is 2.23. The summed E-state index contributed by atoms with van der Waals surface area (Å²) in [6.45, 7) is 3.13. The Morgan fingerprint density at radius 3 is 2.56 bits per heavy atom. The van der Waals surface area contributed by atoms with E-state index in [2.05, 4.69) is 15.6 Å². The van der Waals surface area contributed by atoms with Crippen molar-refractivity contribution in [2.24, 2.45) is 5.73 Å². The second kappa shape index (κ2) is 12.2. The number of methoxy groups -OCH3 is 2. The lowest BCUT2D eigenvalue weighted by atomic mass is 10.1. The molecule has 1 amide bonds. The van der Waals surface area contributed by atoms with Gasteiger partial charge in [0, 0.05) is 35.9 Å². The molecule has 1 saturated heterocycles. The number of benzene rings is 2. The molecule has 3 heterocycles. The summed E-state index contributed by atoms with van der Waals surface area (Å²) in [5, 5.41) is 8.07. The SMILES string of the molecule is COc1cc(OC)c(Cl)c(-c2cc3cnc(Nc4c(C)cccc4C=CC(N)=O)nc3c(NC3CCOC3)n2)c1Cl. The van der Waals surface area contributed by atoms with Gasteiger partial charge in [-0.05, 0) is 36.6 Å². The van der Waals surface area contributed by atoms with Crippen molar-refractivity contribution in [1.82, 2.24) is 15.0 Å². The third-order valence-corrected chi connectivity index (χ3v) is 7.39. The monoisotopic (exact) mass is 594 g/mol. The average Bonchev–Trinajstić information content (AvgIpc) is 3.47. The molecule has 0 spiro atoms. The number of amides is 1. The van der Waals surface area contributed by atoms with Crippen LogP contribution in [0.15, 0.2) is 42.6 Å². The second-order valence-corrected chi connectivity index (χ2v) is 10.1. The number of nitrogens with one attached hydrogen (secondary N) is 2. The molecule has 0 radical (unpaired) electrons. The van der Waals surface area contributed by atoms with Crippen LogP contribution < -0.4 is 25.8 Å². The molecule has 1 unspecified atom stereocenters. The molecule has 5 rings (SSSR count). The molecule has 2 aromatic heterocycles. The number of para-hydroxylation sites is 1. The number of hydrogen-bond acceptors (Lipinski definition) is 9. The quantitative estimate of drug-likeness (QED) is 0.206. The number of carbonyl (C=O) groups is 1. The van der Waals surface area contributed by atoms with Gasteiger partial charge in [0.1, 0.15) is 17.0 Å². The normalized spacial score (nSPS) is 14.9. The fraction of sp³-hybridized carbons (Fsp3) is 0.241. The van der Waals surface area contributed by atoms with Crippen LogP contribution in [0.1, 0.15) is 17.5 Å². The number of halogens is 2. The molecular formula is C29H28Cl2N6O4. The lowest BCUT2D eigenvalue weighted by Crippen LogP contribution is -2.20. The summed E-state index contributed by atoms with van der Waals surface area (Å²) < 4.78 is 16.5. The molecule has 1 aliphatic heterocycles. The predicted molar refractivity (Wildman–Crippen MR) is 161 cm³/mol. The summed E-state index contributed by atoms with van der Waals surface area (Å²) in [4.78, 5) is 25.6. The maximum absolute atomic E-state index is 11.3. The minimum Gasteiger partial charge on any atom is -0.495 e. The van der Waals surface area contributed by atoms with Crippen molar-refractivity contribution in [1.29, 1.82) is 0 Å². The number of ether oxygens (including phenoxy) is 3. The van der Waals surface area contributed by atoms with E-state index in [-0.39, 0.29) is 6.04 Å². The Bertz CT molecular complexity index is 1630. The third-order valence-electron chi connectivity index (χ3n) is 6.64. The van der Waals surface area contributed by atoms with E-state index in [1.807, 2.05) is 31.2 Å². The van der Waals surface area contributed by atoms with Crippen LogP contribution in [0.25, 0.3) is 28.2 Å². The third kappa shape index (κ3) is 6.00. The van der Waals surface area contributed by atoms with Crippen LogP contribution in [0.4, 0.5) is 17.5 Å². The van der Waals surface area contributed by atoms with Crippen LogP contribution >= 0.6 is 23.2 Å². The van der Waals surface area contributed by atoms with E-state index in [1.165, 1.54) is 20.3 Å². The van der Waals surface area contributed by atoms with Gasteiger partial charge in [-0.15, -0.1) is 0 Å². The first-order chi connectivity index (χ1) is 19.8. The molecule has 4 aromatic rings. The lowest BCUT2D eigenvalue weighted by molar-refractivity contribution is -0.113. The lowest BCUT2D eigenvalue weighted by Gasteiger charge is -2.18. The number of nitrogens with two attached hydrogens (primary N) is 1. The highest BCUT2D eigenvalue weighted by Crippen LogP contribution is 2.46. The minimum atomic E-state index is -0.540. The van der Waals surface area contributed by atoms with Gasteiger partial charge in [-0.2, -0.15) is 0 Å². The minimum absolute atomic E-state index is 0.0417. The van der Waals surface area contributed by atoms with E-state index in [4.69, 9.17) is 53.1 Å². The van der Waals surface area contributed by atoms with Crippen LogP contribution in [-0.2, 0) is 9.53 Å². The van der Waals surface area contributed by atoms with Gasteiger partial charge in [0.15, 0.2) is 5.82 Å². The zero-order chi connectivity index (χ0) is 29.1. The van der Waals surface area contributed by atoms with Crippen molar-refractivity contribution in [3.8, 4) is 22.8 Å². The molecular weight excluding hydrogens is 567 g/mol. The molecule has 212 valence electrons. The van der Waals surface area contributed by atoms with Crippen molar-refractivity contribution in [3.63, 3.8) is 0 Å². The van der Waals surface area contributed by atoms with E-state index in [9.17, 15) is 4.79 Å². The zero-order valence-corrected chi connectivity index (χ0v) is 24.1. The summed E-state index contributed by atoms with van der Waals surface area (Å²) in [6, 6.07) is 9.19. The summed E-state index contributed by atoms with van der Waals surface area (Å²) in [7, 11) is 3.04. The Morgan fingerprint density at radius 2 is 1.90 bits per heavy atom. The van der Waals surface area contributed by atoms with Gasteiger partial charge in [-0.3, -0.25) is 4.79 Å². The van der Waals surface area contributed by atoms with Crippen molar-refractivity contribution in [3.05, 3.63) is 63.8 Å². The number of hydrogen-bond donors (Lipinski definition) is 3. The zero-order valence-electron chi connectivity index (χ0n) is 22.6. The molecule has 4 N–H and O–H groups in total. The molecule has 0 saturated carbocycles. The van der Waals surface area contributed by atoms with Crippen LogP contribution in [-0.4, -0.2) is 54.3 Å². The van der Waals surface area contributed by atoms with E-state index in [1.54, 1.807) is 18.3 Å². The summed E-state index contributed by atoms with van der Waals surface area (Å²) in [6.07, 6.45) is 5.47. The van der Waals surface area contributed by atoms with Gasteiger partial charge in [0.25, 0.3) is 0 Å². The number of carbonyl (C=O) groups excluding carboxylic acids is 1. The molecule has 41 heavy (non-hydrogen) atoms. The van der Waals surface area contributed by atoms with Crippen molar-refractivity contribution in [2.45, 2.75) is 19.4 Å². The Balaban J connectivity index is 1.64. The number of fused-ring (bicyclic) bond motifs is 1. The summed E-state index contributed by atoms with van der Waals surface area (Å²) in [5.74, 6) is 1.13.